The molecule has 2 amide bonds. The second-order valence-electron chi connectivity index (χ2n) is 6.74. The fourth-order valence-corrected chi connectivity index (χ4v) is 5.07. The molecule has 2 bridgehead atoms. The van der Waals surface area contributed by atoms with Gasteiger partial charge in [-0.05, 0) is 31.6 Å². The second-order valence-corrected chi connectivity index (χ2v) is 6.74. The third kappa shape index (κ3) is 1.72. The van der Waals surface area contributed by atoms with Gasteiger partial charge in [-0.25, -0.2) is 0 Å². The molecule has 7 atom stereocenters. The van der Waals surface area contributed by atoms with Gasteiger partial charge in [-0.2, -0.15) is 0 Å². The first-order valence-electron chi connectivity index (χ1n) is 8.04. The summed E-state index contributed by atoms with van der Waals surface area (Å²) in [6.07, 6.45) is 1.37. The van der Waals surface area contributed by atoms with Crippen molar-refractivity contribution in [3.8, 4) is 0 Å². The van der Waals surface area contributed by atoms with E-state index in [1.807, 2.05) is 11.8 Å². The van der Waals surface area contributed by atoms with Gasteiger partial charge < -0.3 is 20.1 Å². The van der Waals surface area contributed by atoms with Gasteiger partial charge in [0.05, 0.1) is 18.1 Å². The summed E-state index contributed by atoms with van der Waals surface area (Å²) in [5.74, 6) is 0.852. The Kier molecular flexibility index (Phi) is 3.01. The Balaban J connectivity index is 1.41. The quantitative estimate of drug-likeness (QED) is 0.730. The standard InChI is InChI=1S/C15H22N2O4/c1-2-16-9(18)4-3-5-17-14(20)10-7-6-8-11(10)15(17)21-13(8)12(7)19/h7-8,10-13,15,19H,2-6H2,1H3,(H,16,18). The fourth-order valence-electron chi connectivity index (χ4n) is 5.07. The molecule has 0 radical (unpaired) electrons. The van der Waals surface area contributed by atoms with E-state index in [9.17, 15) is 14.7 Å². The number of aliphatic hydroxyl groups is 1. The minimum atomic E-state index is -0.456. The van der Waals surface area contributed by atoms with E-state index in [4.69, 9.17) is 4.74 Å². The van der Waals surface area contributed by atoms with Gasteiger partial charge >= 0.3 is 0 Å². The van der Waals surface area contributed by atoms with Crippen LogP contribution in [0, 0.1) is 23.7 Å². The van der Waals surface area contributed by atoms with Gasteiger partial charge in [-0.15, -0.1) is 0 Å². The summed E-state index contributed by atoms with van der Waals surface area (Å²) in [6.45, 7) is 3.11. The number of hydrogen-bond donors (Lipinski definition) is 2. The van der Waals surface area contributed by atoms with Gasteiger partial charge in [-0.1, -0.05) is 0 Å². The fraction of sp³-hybridized carbons (Fsp3) is 0.867. The topological polar surface area (TPSA) is 78.9 Å². The smallest absolute Gasteiger partial charge is 0.228 e. The Morgan fingerprint density at radius 2 is 2.29 bits per heavy atom. The summed E-state index contributed by atoms with van der Waals surface area (Å²) < 4.78 is 5.98. The maximum atomic E-state index is 12.6. The van der Waals surface area contributed by atoms with E-state index in [1.165, 1.54) is 0 Å². The van der Waals surface area contributed by atoms with Crippen LogP contribution in [0.25, 0.3) is 0 Å². The molecule has 2 saturated heterocycles. The van der Waals surface area contributed by atoms with Crippen molar-refractivity contribution < 1.29 is 19.4 Å². The first kappa shape index (κ1) is 13.5. The second kappa shape index (κ2) is 4.68. The van der Waals surface area contributed by atoms with Crippen LogP contribution >= 0.6 is 0 Å². The molecule has 4 fully saturated rings. The summed E-state index contributed by atoms with van der Waals surface area (Å²) >= 11 is 0. The Bertz CT molecular complexity index is 482. The maximum Gasteiger partial charge on any atom is 0.228 e. The van der Waals surface area contributed by atoms with E-state index in [1.54, 1.807) is 0 Å². The monoisotopic (exact) mass is 294 g/mol. The van der Waals surface area contributed by atoms with Crippen LogP contribution in [-0.4, -0.2) is 53.3 Å². The Morgan fingerprint density at radius 1 is 1.48 bits per heavy atom. The van der Waals surface area contributed by atoms with Crippen molar-refractivity contribution in [3.05, 3.63) is 0 Å². The highest BCUT2D eigenvalue weighted by atomic mass is 16.5. The lowest BCUT2D eigenvalue weighted by molar-refractivity contribution is -0.151. The molecule has 0 aromatic carbocycles. The third-order valence-electron chi connectivity index (χ3n) is 5.79. The van der Waals surface area contributed by atoms with Crippen molar-refractivity contribution >= 4 is 11.8 Å². The lowest BCUT2D eigenvalue weighted by Crippen LogP contribution is -2.44. The summed E-state index contributed by atoms with van der Waals surface area (Å²) in [6, 6.07) is 0. The van der Waals surface area contributed by atoms with Crippen LogP contribution in [-0.2, 0) is 14.3 Å². The molecular weight excluding hydrogens is 272 g/mol. The SMILES string of the molecule is CCNC(=O)CCCN1C(=O)C2C3CC4C(OC1C42)C3O. The molecule has 116 valence electrons. The van der Waals surface area contributed by atoms with Gasteiger partial charge in [0.15, 0.2) is 0 Å². The minimum absolute atomic E-state index is 0.0350. The first-order chi connectivity index (χ1) is 10.1. The number of aliphatic hydroxyl groups excluding tert-OH is 1. The van der Waals surface area contributed by atoms with Gasteiger partial charge in [-0.3, -0.25) is 9.59 Å². The van der Waals surface area contributed by atoms with Gasteiger partial charge in [0.25, 0.3) is 0 Å². The van der Waals surface area contributed by atoms with Crippen molar-refractivity contribution in [1.82, 2.24) is 10.2 Å². The molecule has 2 aliphatic heterocycles. The number of nitrogens with one attached hydrogen (secondary N) is 1. The molecule has 7 unspecified atom stereocenters. The number of amides is 2. The molecule has 2 saturated carbocycles. The molecule has 4 aliphatic rings. The zero-order valence-electron chi connectivity index (χ0n) is 12.2. The number of nitrogens with zero attached hydrogens (tertiary/aromatic N) is 1. The van der Waals surface area contributed by atoms with Crippen molar-refractivity contribution in [2.24, 2.45) is 23.7 Å². The molecule has 0 aromatic heterocycles. The first-order valence-corrected chi connectivity index (χ1v) is 8.04. The lowest BCUT2D eigenvalue weighted by Gasteiger charge is -2.30. The van der Waals surface area contributed by atoms with E-state index < -0.39 is 6.10 Å². The van der Waals surface area contributed by atoms with Crippen molar-refractivity contribution in [2.75, 3.05) is 13.1 Å². The normalized spacial score (nSPS) is 45.7. The predicted octanol–water partition coefficient (Wildman–Crippen LogP) is -0.287. The molecule has 6 heteroatoms. The lowest BCUT2D eigenvalue weighted by atomic mass is 9.80. The van der Waals surface area contributed by atoms with Crippen LogP contribution in [0.4, 0.5) is 0 Å². The van der Waals surface area contributed by atoms with Crippen LogP contribution in [0.3, 0.4) is 0 Å². The Morgan fingerprint density at radius 3 is 3.05 bits per heavy atom. The van der Waals surface area contributed by atoms with Crippen LogP contribution < -0.4 is 5.32 Å². The van der Waals surface area contributed by atoms with Gasteiger partial charge in [0.1, 0.15) is 6.23 Å². The van der Waals surface area contributed by atoms with Gasteiger partial charge in [0.2, 0.25) is 11.8 Å². The summed E-state index contributed by atoms with van der Waals surface area (Å²) in [7, 11) is 0. The summed E-state index contributed by atoms with van der Waals surface area (Å²) in [4.78, 5) is 25.9. The van der Waals surface area contributed by atoms with Crippen molar-refractivity contribution in [3.63, 3.8) is 0 Å². The highest BCUT2D eigenvalue weighted by molar-refractivity contribution is 5.83. The van der Waals surface area contributed by atoms with Crippen molar-refractivity contribution in [2.45, 2.75) is 44.6 Å². The number of carbonyl (C=O) groups is 2. The number of ether oxygens (including phenoxy) is 1. The number of carbonyl (C=O) groups excluding carboxylic acids is 2. The van der Waals surface area contributed by atoms with Gasteiger partial charge in [0, 0.05) is 25.4 Å². The average Bonchev–Trinajstić information content (AvgIpc) is 3.10. The molecule has 6 nitrogen and oxygen atoms in total. The zero-order valence-corrected chi connectivity index (χ0v) is 12.2. The third-order valence-corrected chi connectivity index (χ3v) is 5.79. The maximum absolute atomic E-state index is 12.6. The number of rotatable bonds is 5. The van der Waals surface area contributed by atoms with E-state index >= 15 is 0 Å². The molecule has 21 heavy (non-hydrogen) atoms. The predicted molar refractivity (Wildman–Crippen MR) is 72.9 cm³/mol. The molecule has 0 aromatic rings. The Labute approximate surface area is 123 Å². The van der Waals surface area contributed by atoms with Crippen LogP contribution in [0.2, 0.25) is 0 Å². The van der Waals surface area contributed by atoms with Crippen LogP contribution in [0.5, 0.6) is 0 Å². The number of hydrogen-bond acceptors (Lipinski definition) is 4. The molecular formula is C15H22N2O4. The average molecular weight is 294 g/mol. The summed E-state index contributed by atoms with van der Waals surface area (Å²) in [5.41, 5.74) is 0. The Hall–Kier alpha value is -1.14. The summed E-state index contributed by atoms with van der Waals surface area (Å²) in [5, 5.41) is 13.0. The minimum Gasteiger partial charge on any atom is -0.390 e. The zero-order chi connectivity index (χ0) is 14.7. The molecule has 2 heterocycles. The van der Waals surface area contributed by atoms with Crippen LogP contribution in [0.1, 0.15) is 26.2 Å². The molecule has 2 aliphatic carbocycles. The number of fused-ring (bicyclic) bond motifs is 2. The van der Waals surface area contributed by atoms with Crippen molar-refractivity contribution in [1.29, 1.82) is 0 Å². The van der Waals surface area contributed by atoms with Crippen LogP contribution in [0.15, 0.2) is 0 Å². The van der Waals surface area contributed by atoms with E-state index in [0.717, 1.165) is 6.42 Å². The van der Waals surface area contributed by atoms with E-state index in [-0.39, 0.29) is 41.9 Å². The molecule has 4 rings (SSSR count). The highest BCUT2D eigenvalue weighted by Gasteiger charge is 2.72. The highest BCUT2D eigenvalue weighted by Crippen LogP contribution is 2.63. The largest absolute Gasteiger partial charge is 0.390 e. The molecule has 2 N–H and O–H groups in total. The van der Waals surface area contributed by atoms with E-state index in [2.05, 4.69) is 5.32 Å². The number of likely N-dealkylation sites (tertiary alicyclic amines) is 1. The molecule has 0 spiro atoms. The van der Waals surface area contributed by atoms with E-state index in [0.29, 0.717) is 31.8 Å².